The first-order chi connectivity index (χ1) is 14.3. The minimum absolute atomic E-state index is 0.0501. The van der Waals surface area contributed by atoms with Gasteiger partial charge in [0.05, 0.1) is 12.4 Å². The molecule has 0 aliphatic carbocycles. The van der Waals surface area contributed by atoms with Crippen molar-refractivity contribution >= 4 is 34.4 Å². The lowest BCUT2D eigenvalue weighted by Crippen LogP contribution is -2.37. The number of aryl methyl sites for hydroxylation is 2. The van der Waals surface area contributed by atoms with Crippen molar-refractivity contribution in [1.82, 2.24) is 19.1 Å². The molecule has 0 aliphatic rings. The van der Waals surface area contributed by atoms with Gasteiger partial charge in [0.25, 0.3) is 5.56 Å². The highest BCUT2D eigenvalue weighted by Gasteiger charge is 2.18. The molecule has 0 unspecified atom stereocenters. The van der Waals surface area contributed by atoms with Crippen molar-refractivity contribution in [2.45, 2.75) is 25.3 Å². The minimum atomic E-state index is -0.481. The second-order valence-corrected chi connectivity index (χ2v) is 7.46. The molecule has 1 aromatic carbocycles. The third-order valence-electron chi connectivity index (χ3n) is 4.42. The maximum atomic E-state index is 12.7. The fourth-order valence-electron chi connectivity index (χ4n) is 2.87. The number of fused-ring (bicyclic) bond motifs is 1. The number of nitrogens with one attached hydrogen (secondary N) is 1. The average Bonchev–Trinajstić information content (AvgIpc) is 2.75. The summed E-state index contributed by atoms with van der Waals surface area (Å²) in [6, 6.07) is 7.08. The first-order valence-electron chi connectivity index (χ1n) is 9.47. The molecule has 1 amide bonds. The molecule has 0 aliphatic heterocycles. The van der Waals surface area contributed by atoms with Gasteiger partial charge in [-0.15, -0.1) is 0 Å². The fraction of sp³-hybridized carbons (Fsp3) is 0.350. The summed E-state index contributed by atoms with van der Waals surface area (Å²) in [6.07, 6.45) is 0.533. The highest BCUT2D eigenvalue weighted by atomic mass is 32.2. The second kappa shape index (κ2) is 9.12. The van der Waals surface area contributed by atoms with Crippen LogP contribution in [0.25, 0.3) is 11.0 Å². The van der Waals surface area contributed by atoms with Crippen molar-refractivity contribution in [2.24, 2.45) is 14.1 Å². The van der Waals surface area contributed by atoms with Gasteiger partial charge in [0.15, 0.2) is 5.65 Å². The van der Waals surface area contributed by atoms with Crippen LogP contribution in [0.15, 0.2) is 38.9 Å². The van der Waals surface area contributed by atoms with Crippen molar-refractivity contribution < 1.29 is 9.53 Å². The molecule has 0 radical (unpaired) electrons. The van der Waals surface area contributed by atoms with Crippen LogP contribution >= 0.6 is 11.8 Å². The monoisotopic (exact) mass is 429 g/mol. The summed E-state index contributed by atoms with van der Waals surface area (Å²) in [5.41, 5.74) is -0.0313. The first-order valence-corrected chi connectivity index (χ1v) is 10.5. The molecular formula is C20H23N5O4S. The van der Waals surface area contributed by atoms with Gasteiger partial charge in [-0.05, 0) is 31.2 Å². The van der Waals surface area contributed by atoms with Gasteiger partial charge in [0, 0.05) is 26.2 Å². The maximum Gasteiger partial charge on any atom is 0.332 e. The van der Waals surface area contributed by atoms with Crippen LogP contribution in [-0.4, -0.2) is 37.4 Å². The Balaban J connectivity index is 1.85. The average molecular weight is 430 g/mol. The molecule has 0 saturated carbocycles. The Morgan fingerprint density at radius 3 is 2.43 bits per heavy atom. The van der Waals surface area contributed by atoms with Crippen LogP contribution in [0.4, 0.5) is 5.69 Å². The number of benzene rings is 1. The zero-order valence-electron chi connectivity index (χ0n) is 17.3. The van der Waals surface area contributed by atoms with E-state index in [1.54, 1.807) is 31.3 Å². The van der Waals surface area contributed by atoms with Gasteiger partial charge in [-0.2, -0.15) is 0 Å². The van der Waals surface area contributed by atoms with Gasteiger partial charge in [-0.3, -0.25) is 18.7 Å². The van der Waals surface area contributed by atoms with Crippen molar-refractivity contribution in [2.75, 3.05) is 17.7 Å². The Hall–Kier alpha value is -3.14. The summed E-state index contributed by atoms with van der Waals surface area (Å²) in [4.78, 5) is 46.1. The predicted molar refractivity (Wildman–Crippen MR) is 116 cm³/mol. The highest BCUT2D eigenvalue weighted by molar-refractivity contribution is 8.00. The number of rotatable bonds is 7. The zero-order valence-corrected chi connectivity index (χ0v) is 18.1. The number of hydrogen-bond donors (Lipinski definition) is 1. The molecule has 0 fully saturated rings. The Labute approximate surface area is 177 Å². The Kier molecular flexibility index (Phi) is 6.56. The quantitative estimate of drug-likeness (QED) is 0.450. The highest BCUT2D eigenvalue weighted by Crippen LogP contribution is 2.23. The van der Waals surface area contributed by atoms with E-state index < -0.39 is 11.2 Å². The Morgan fingerprint density at radius 1 is 1.10 bits per heavy atom. The van der Waals surface area contributed by atoms with Crippen molar-refractivity contribution in [3.63, 3.8) is 0 Å². The number of nitrogens with zero attached hydrogens (tertiary/aromatic N) is 4. The molecule has 2 heterocycles. The summed E-state index contributed by atoms with van der Waals surface area (Å²) < 4.78 is 7.72. The smallest absolute Gasteiger partial charge is 0.332 e. The molecule has 0 saturated heterocycles. The molecule has 158 valence electrons. The minimum Gasteiger partial charge on any atom is -0.494 e. The van der Waals surface area contributed by atoms with Crippen LogP contribution in [0, 0.1) is 0 Å². The SMILES string of the molecule is CCOc1ccc(NC(=O)CSc2nc(CC)nc3c2c(=O)n(C)c(=O)n3C)cc1. The molecule has 3 rings (SSSR count). The molecule has 1 N–H and O–H groups in total. The summed E-state index contributed by atoms with van der Waals surface area (Å²) >= 11 is 1.14. The summed E-state index contributed by atoms with van der Waals surface area (Å²) in [5.74, 6) is 1.04. The van der Waals surface area contributed by atoms with E-state index in [0.717, 1.165) is 22.1 Å². The number of thioether (sulfide) groups is 1. The van der Waals surface area contributed by atoms with E-state index in [9.17, 15) is 14.4 Å². The molecular weight excluding hydrogens is 406 g/mol. The molecule has 9 nitrogen and oxygen atoms in total. The lowest BCUT2D eigenvalue weighted by molar-refractivity contribution is -0.113. The van der Waals surface area contributed by atoms with Crippen LogP contribution < -0.4 is 21.3 Å². The predicted octanol–water partition coefficient (Wildman–Crippen LogP) is 1.72. The molecule has 0 spiro atoms. The fourth-order valence-corrected chi connectivity index (χ4v) is 3.70. The first kappa shape index (κ1) is 21.6. The van der Waals surface area contributed by atoms with E-state index in [1.165, 1.54) is 11.6 Å². The number of hydrogen-bond acceptors (Lipinski definition) is 7. The largest absolute Gasteiger partial charge is 0.494 e. The van der Waals surface area contributed by atoms with E-state index in [4.69, 9.17) is 4.74 Å². The van der Waals surface area contributed by atoms with Crippen LogP contribution in [0.2, 0.25) is 0 Å². The van der Waals surface area contributed by atoms with Gasteiger partial charge < -0.3 is 10.1 Å². The Morgan fingerprint density at radius 2 is 1.80 bits per heavy atom. The molecule has 0 atom stereocenters. The van der Waals surface area contributed by atoms with E-state index >= 15 is 0 Å². The maximum absolute atomic E-state index is 12.7. The van der Waals surface area contributed by atoms with Crippen LogP contribution in [-0.2, 0) is 25.3 Å². The molecule has 2 aromatic heterocycles. The van der Waals surface area contributed by atoms with Crippen molar-refractivity contribution in [3.05, 3.63) is 50.9 Å². The van der Waals surface area contributed by atoms with E-state index in [1.807, 2.05) is 13.8 Å². The number of carbonyl (C=O) groups excluding carboxylic acids is 1. The summed E-state index contributed by atoms with van der Waals surface area (Å²) in [7, 11) is 2.97. The van der Waals surface area contributed by atoms with Gasteiger partial charge in [0.1, 0.15) is 22.0 Å². The van der Waals surface area contributed by atoms with Gasteiger partial charge in [-0.1, -0.05) is 18.7 Å². The van der Waals surface area contributed by atoms with Gasteiger partial charge in [-0.25, -0.2) is 14.8 Å². The van der Waals surface area contributed by atoms with Crippen molar-refractivity contribution in [1.29, 1.82) is 0 Å². The van der Waals surface area contributed by atoms with E-state index in [-0.39, 0.29) is 22.7 Å². The number of amides is 1. The number of ether oxygens (including phenoxy) is 1. The van der Waals surface area contributed by atoms with Crippen molar-refractivity contribution in [3.8, 4) is 5.75 Å². The number of aromatic nitrogens is 4. The lowest BCUT2D eigenvalue weighted by atomic mass is 10.3. The number of carbonyl (C=O) groups is 1. The third-order valence-corrected chi connectivity index (χ3v) is 5.39. The third kappa shape index (κ3) is 4.38. The number of anilines is 1. The lowest BCUT2D eigenvalue weighted by Gasteiger charge is -2.11. The molecule has 0 bridgehead atoms. The van der Waals surface area contributed by atoms with E-state index in [2.05, 4.69) is 15.3 Å². The summed E-state index contributed by atoms with van der Waals surface area (Å²) in [5, 5.41) is 3.42. The molecule has 30 heavy (non-hydrogen) atoms. The van der Waals surface area contributed by atoms with Crippen LogP contribution in [0.1, 0.15) is 19.7 Å². The standard InChI is InChI=1S/C20H23N5O4S/c1-5-14-22-17-16(19(27)25(4)20(28)24(17)3)18(23-14)30-11-15(26)21-12-7-9-13(10-8-12)29-6-2/h7-10H,5-6,11H2,1-4H3,(H,21,26). The van der Waals surface area contributed by atoms with Gasteiger partial charge >= 0.3 is 5.69 Å². The van der Waals surface area contributed by atoms with Gasteiger partial charge in [0.2, 0.25) is 5.91 Å². The Bertz CT molecular complexity index is 1200. The van der Waals surface area contributed by atoms with Crippen LogP contribution in [0.5, 0.6) is 5.75 Å². The summed E-state index contributed by atoms with van der Waals surface area (Å²) in [6.45, 7) is 4.35. The topological polar surface area (TPSA) is 108 Å². The zero-order chi connectivity index (χ0) is 21.8. The normalized spacial score (nSPS) is 10.9. The van der Waals surface area contributed by atoms with Crippen LogP contribution in [0.3, 0.4) is 0 Å². The molecule has 3 aromatic rings. The molecule has 10 heteroatoms. The second-order valence-electron chi connectivity index (χ2n) is 6.50. The van der Waals surface area contributed by atoms with E-state index in [0.29, 0.717) is 29.6 Å².